The molecule has 96 valence electrons. The molecule has 2 aliphatic rings. The van der Waals surface area contributed by atoms with Crippen molar-refractivity contribution in [3.05, 3.63) is 65.8 Å². The predicted molar refractivity (Wildman–Crippen MR) is 80.3 cm³/mol. The van der Waals surface area contributed by atoms with Crippen molar-refractivity contribution >= 4 is 17.5 Å². The third-order valence-corrected chi connectivity index (χ3v) is 4.92. The van der Waals surface area contributed by atoms with Gasteiger partial charge in [-0.2, -0.15) is 0 Å². The molecule has 2 aliphatic carbocycles. The zero-order chi connectivity index (χ0) is 13.2. The van der Waals surface area contributed by atoms with Gasteiger partial charge < -0.3 is 0 Å². The lowest BCUT2D eigenvalue weighted by Gasteiger charge is -2.29. The van der Waals surface area contributed by atoms with Crippen LogP contribution in [0.4, 0.5) is 0 Å². The van der Waals surface area contributed by atoms with Gasteiger partial charge in [0.15, 0.2) is 5.78 Å². The summed E-state index contributed by atoms with van der Waals surface area (Å²) in [6.07, 6.45) is 10.9. The molecular formula is C17H16OS. The minimum absolute atomic E-state index is 0.176. The summed E-state index contributed by atoms with van der Waals surface area (Å²) in [7, 11) is 0. The van der Waals surface area contributed by atoms with Gasteiger partial charge in [0.1, 0.15) is 0 Å². The van der Waals surface area contributed by atoms with Crippen molar-refractivity contribution in [3.63, 3.8) is 0 Å². The summed E-state index contributed by atoms with van der Waals surface area (Å²) in [6.45, 7) is 2.10. The molecule has 0 aliphatic heterocycles. The van der Waals surface area contributed by atoms with E-state index in [1.165, 1.54) is 10.5 Å². The Kier molecular flexibility index (Phi) is 3.43. The van der Waals surface area contributed by atoms with Crippen LogP contribution in [0.5, 0.6) is 0 Å². The van der Waals surface area contributed by atoms with Crippen molar-refractivity contribution in [1.29, 1.82) is 0 Å². The topological polar surface area (TPSA) is 17.1 Å². The fourth-order valence-electron chi connectivity index (χ4n) is 2.53. The number of carbonyl (C=O) groups excluding carboxylic acids is 1. The summed E-state index contributed by atoms with van der Waals surface area (Å²) in [6, 6.07) is 8.59. The largest absolute Gasteiger partial charge is 0.290 e. The van der Waals surface area contributed by atoms with Crippen LogP contribution in [0.15, 0.2) is 65.1 Å². The van der Waals surface area contributed by atoms with Gasteiger partial charge in [-0.3, -0.25) is 4.79 Å². The number of ketones is 1. The second-order valence-electron chi connectivity index (χ2n) is 5.01. The van der Waals surface area contributed by atoms with Gasteiger partial charge in [0.2, 0.25) is 0 Å². The summed E-state index contributed by atoms with van der Waals surface area (Å²) in [5.74, 6) is 0.504. The number of carbonyl (C=O) groups is 1. The predicted octanol–water partition coefficient (Wildman–Crippen LogP) is 4.10. The van der Waals surface area contributed by atoms with Crippen molar-refractivity contribution < 1.29 is 4.79 Å². The zero-order valence-electron chi connectivity index (χ0n) is 10.9. The van der Waals surface area contributed by atoms with Gasteiger partial charge in [0.05, 0.1) is 0 Å². The molecular weight excluding hydrogens is 252 g/mol. The molecule has 0 N–H and O–H groups in total. The number of rotatable bonds is 2. The molecule has 0 radical (unpaired) electrons. The van der Waals surface area contributed by atoms with Gasteiger partial charge in [0, 0.05) is 21.6 Å². The Labute approximate surface area is 118 Å². The third-order valence-electron chi connectivity index (χ3n) is 3.61. The maximum atomic E-state index is 11.9. The Morgan fingerprint density at radius 2 is 2.00 bits per heavy atom. The monoisotopic (exact) mass is 268 g/mol. The minimum Gasteiger partial charge on any atom is -0.290 e. The second-order valence-corrected chi connectivity index (χ2v) is 6.26. The van der Waals surface area contributed by atoms with Crippen LogP contribution in [0.3, 0.4) is 0 Å². The van der Waals surface area contributed by atoms with Crippen molar-refractivity contribution in [2.24, 2.45) is 5.92 Å². The number of hydrogen-bond acceptors (Lipinski definition) is 2. The standard InChI is InChI=1S/C17H16OS/c1-12-6-8-13(9-7-12)19-17-11-10-16(18)14-4-2-3-5-15(14)17/h2-4,6-11,15,17H,5H2,1H3. The molecule has 1 nitrogen and oxygen atoms in total. The number of thioether (sulfide) groups is 1. The molecule has 0 saturated carbocycles. The van der Waals surface area contributed by atoms with Crippen LogP contribution in [0.25, 0.3) is 0 Å². The van der Waals surface area contributed by atoms with Gasteiger partial charge in [0.25, 0.3) is 0 Å². The number of fused-ring (bicyclic) bond motifs is 1. The molecule has 1 aromatic rings. The van der Waals surface area contributed by atoms with E-state index >= 15 is 0 Å². The van der Waals surface area contributed by atoms with Gasteiger partial charge in [-0.15, -0.1) is 11.8 Å². The molecule has 0 bridgehead atoms. The van der Waals surface area contributed by atoms with E-state index in [-0.39, 0.29) is 5.78 Å². The average Bonchev–Trinajstić information content (AvgIpc) is 2.45. The Balaban J connectivity index is 1.83. The first-order valence-corrected chi connectivity index (χ1v) is 7.44. The third kappa shape index (κ3) is 2.59. The highest BCUT2D eigenvalue weighted by Crippen LogP contribution is 2.39. The SMILES string of the molecule is Cc1ccc(SC2C=CC(=O)C3=CC=CCC32)cc1. The summed E-state index contributed by atoms with van der Waals surface area (Å²) in [5, 5.41) is 0.358. The van der Waals surface area contributed by atoms with E-state index in [4.69, 9.17) is 0 Å². The average molecular weight is 268 g/mol. The lowest BCUT2D eigenvalue weighted by Crippen LogP contribution is -2.26. The summed E-state index contributed by atoms with van der Waals surface area (Å²) < 4.78 is 0. The van der Waals surface area contributed by atoms with Crippen LogP contribution in [0, 0.1) is 12.8 Å². The highest BCUT2D eigenvalue weighted by atomic mass is 32.2. The number of aryl methyl sites for hydroxylation is 1. The molecule has 2 heteroatoms. The molecule has 3 rings (SSSR count). The van der Waals surface area contributed by atoms with Crippen molar-refractivity contribution in [2.75, 3.05) is 0 Å². The quantitative estimate of drug-likeness (QED) is 0.803. The molecule has 1 aromatic carbocycles. The van der Waals surface area contributed by atoms with Crippen LogP contribution >= 0.6 is 11.8 Å². The maximum absolute atomic E-state index is 11.9. The molecule has 2 unspecified atom stereocenters. The van der Waals surface area contributed by atoms with E-state index in [9.17, 15) is 4.79 Å². The molecule has 0 amide bonds. The molecule has 19 heavy (non-hydrogen) atoms. The van der Waals surface area contributed by atoms with Crippen LogP contribution in [0.1, 0.15) is 12.0 Å². The number of benzene rings is 1. The smallest absolute Gasteiger partial charge is 0.181 e. The second kappa shape index (κ2) is 5.22. The first-order valence-electron chi connectivity index (χ1n) is 6.56. The molecule has 0 saturated heterocycles. The number of allylic oxidation sites excluding steroid dienone is 5. The Morgan fingerprint density at radius 3 is 2.79 bits per heavy atom. The van der Waals surface area contributed by atoms with E-state index in [0.29, 0.717) is 11.2 Å². The van der Waals surface area contributed by atoms with Crippen LogP contribution in [0.2, 0.25) is 0 Å². The maximum Gasteiger partial charge on any atom is 0.181 e. The van der Waals surface area contributed by atoms with Gasteiger partial charge in [-0.05, 0) is 31.6 Å². The van der Waals surface area contributed by atoms with Crippen LogP contribution < -0.4 is 0 Å². The van der Waals surface area contributed by atoms with Crippen LogP contribution in [-0.4, -0.2) is 11.0 Å². The van der Waals surface area contributed by atoms with E-state index in [1.807, 2.05) is 23.9 Å². The Morgan fingerprint density at radius 1 is 1.21 bits per heavy atom. The van der Waals surface area contributed by atoms with E-state index in [2.05, 4.69) is 43.3 Å². The van der Waals surface area contributed by atoms with E-state index < -0.39 is 0 Å². The van der Waals surface area contributed by atoms with Crippen molar-refractivity contribution in [3.8, 4) is 0 Å². The van der Waals surface area contributed by atoms with Gasteiger partial charge in [-0.25, -0.2) is 0 Å². The first kappa shape index (κ1) is 12.5. The van der Waals surface area contributed by atoms with Crippen molar-refractivity contribution in [1.82, 2.24) is 0 Å². The highest BCUT2D eigenvalue weighted by molar-refractivity contribution is 8.00. The fraction of sp³-hybridized carbons (Fsp3) is 0.235. The molecule has 0 fully saturated rings. The van der Waals surface area contributed by atoms with Gasteiger partial charge in [-0.1, -0.05) is 42.0 Å². The number of hydrogen-bond donors (Lipinski definition) is 0. The van der Waals surface area contributed by atoms with Crippen molar-refractivity contribution in [2.45, 2.75) is 23.5 Å². The molecule has 0 aromatic heterocycles. The summed E-state index contributed by atoms with van der Waals surface area (Å²) >= 11 is 1.85. The van der Waals surface area contributed by atoms with E-state index in [0.717, 1.165) is 12.0 Å². The zero-order valence-corrected chi connectivity index (χ0v) is 11.7. The van der Waals surface area contributed by atoms with Gasteiger partial charge >= 0.3 is 0 Å². The lowest BCUT2D eigenvalue weighted by molar-refractivity contribution is -0.112. The molecule has 2 atom stereocenters. The van der Waals surface area contributed by atoms with Crippen LogP contribution in [-0.2, 0) is 4.79 Å². The molecule has 0 spiro atoms. The minimum atomic E-state index is 0.176. The first-order chi connectivity index (χ1) is 9.24. The normalized spacial score (nSPS) is 25.1. The highest BCUT2D eigenvalue weighted by Gasteiger charge is 2.30. The molecule has 0 heterocycles. The fourth-order valence-corrected chi connectivity index (χ4v) is 3.72. The Hall–Kier alpha value is -1.54. The summed E-state index contributed by atoms with van der Waals surface area (Å²) in [5.41, 5.74) is 2.24. The lowest BCUT2D eigenvalue weighted by atomic mass is 9.82. The van der Waals surface area contributed by atoms with E-state index in [1.54, 1.807) is 6.08 Å². The summed E-state index contributed by atoms with van der Waals surface area (Å²) in [4.78, 5) is 13.1. The Bertz CT molecular complexity index is 578.